The van der Waals surface area contributed by atoms with Crippen molar-refractivity contribution in [3.63, 3.8) is 0 Å². The highest BCUT2D eigenvalue weighted by atomic mass is 35.5. The molecule has 1 aliphatic carbocycles. The molecule has 0 saturated carbocycles. The number of sulfonamides is 1. The van der Waals surface area contributed by atoms with Crippen LogP contribution in [-0.4, -0.2) is 39.9 Å². The van der Waals surface area contributed by atoms with Gasteiger partial charge in [-0.3, -0.25) is 0 Å². The Labute approximate surface area is 121 Å². The third-order valence-electron chi connectivity index (χ3n) is 3.45. The lowest BCUT2D eigenvalue weighted by atomic mass is 10.1. The van der Waals surface area contributed by atoms with Crippen LogP contribution in [0.5, 0.6) is 0 Å². The van der Waals surface area contributed by atoms with Crippen LogP contribution in [0.4, 0.5) is 0 Å². The summed E-state index contributed by atoms with van der Waals surface area (Å²) >= 11 is 0. The number of nitrogens with one attached hydrogen (secondary N) is 1. The molecular weight excluding hydrogens is 284 g/mol. The SMILES string of the molecule is CNCCN(C)S(=O)(=O)c1ccc2c(c1)CCC2.Cl. The molecule has 6 heteroatoms. The summed E-state index contributed by atoms with van der Waals surface area (Å²) in [6, 6.07) is 5.53. The van der Waals surface area contributed by atoms with Crippen LogP contribution in [0.1, 0.15) is 17.5 Å². The largest absolute Gasteiger partial charge is 0.318 e. The van der Waals surface area contributed by atoms with Crippen LogP contribution in [-0.2, 0) is 22.9 Å². The van der Waals surface area contributed by atoms with Crippen molar-refractivity contribution in [1.82, 2.24) is 9.62 Å². The molecule has 0 fully saturated rings. The predicted octanol–water partition coefficient (Wildman–Crippen LogP) is 1.44. The van der Waals surface area contributed by atoms with Crippen LogP contribution in [0.3, 0.4) is 0 Å². The summed E-state index contributed by atoms with van der Waals surface area (Å²) in [6.07, 6.45) is 3.21. The zero-order valence-electron chi connectivity index (χ0n) is 11.3. The van der Waals surface area contributed by atoms with Crippen molar-refractivity contribution in [2.24, 2.45) is 0 Å². The lowest BCUT2D eigenvalue weighted by Crippen LogP contribution is -2.32. The van der Waals surface area contributed by atoms with Gasteiger partial charge in [-0.2, -0.15) is 4.31 Å². The number of fused-ring (bicyclic) bond motifs is 1. The van der Waals surface area contributed by atoms with Gasteiger partial charge in [-0.1, -0.05) is 6.07 Å². The summed E-state index contributed by atoms with van der Waals surface area (Å²) in [5.41, 5.74) is 2.49. The number of hydrogen-bond donors (Lipinski definition) is 1. The van der Waals surface area contributed by atoms with Gasteiger partial charge in [0.05, 0.1) is 4.90 Å². The fourth-order valence-corrected chi connectivity index (χ4v) is 3.50. The van der Waals surface area contributed by atoms with Crippen LogP contribution in [0.2, 0.25) is 0 Å². The normalized spacial score (nSPS) is 14.3. The second-order valence-corrected chi connectivity index (χ2v) is 6.76. The van der Waals surface area contributed by atoms with Crippen LogP contribution in [0.15, 0.2) is 23.1 Å². The maximum absolute atomic E-state index is 12.3. The van der Waals surface area contributed by atoms with E-state index in [4.69, 9.17) is 0 Å². The van der Waals surface area contributed by atoms with Crippen molar-refractivity contribution in [3.8, 4) is 0 Å². The minimum absolute atomic E-state index is 0. The van der Waals surface area contributed by atoms with Crippen molar-refractivity contribution in [1.29, 1.82) is 0 Å². The number of benzene rings is 1. The molecule has 1 N–H and O–H groups in total. The average molecular weight is 305 g/mol. The quantitative estimate of drug-likeness (QED) is 0.895. The highest BCUT2D eigenvalue weighted by Gasteiger charge is 2.22. The molecule has 0 atom stereocenters. The molecule has 1 aliphatic rings. The molecule has 4 nitrogen and oxygen atoms in total. The Morgan fingerprint density at radius 2 is 1.95 bits per heavy atom. The van der Waals surface area contributed by atoms with E-state index in [1.807, 2.05) is 19.2 Å². The lowest BCUT2D eigenvalue weighted by molar-refractivity contribution is 0.466. The first kappa shape index (κ1) is 16.4. The Bertz CT molecular complexity index is 531. The Morgan fingerprint density at radius 3 is 2.63 bits per heavy atom. The van der Waals surface area contributed by atoms with Gasteiger partial charge in [-0.15, -0.1) is 12.4 Å². The summed E-state index contributed by atoms with van der Waals surface area (Å²) in [6.45, 7) is 1.14. The molecule has 0 saturated heterocycles. The molecule has 0 amide bonds. The number of halogens is 1. The van der Waals surface area contributed by atoms with Crippen LogP contribution < -0.4 is 5.32 Å². The molecule has 0 radical (unpaired) electrons. The Hall–Kier alpha value is -0.620. The summed E-state index contributed by atoms with van der Waals surface area (Å²) < 4.78 is 26.1. The van der Waals surface area contributed by atoms with Crippen molar-refractivity contribution in [3.05, 3.63) is 29.3 Å². The third-order valence-corrected chi connectivity index (χ3v) is 5.31. The van der Waals surface area contributed by atoms with Gasteiger partial charge in [0.1, 0.15) is 0 Å². The van der Waals surface area contributed by atoms with E-state index < -0.39 is 10.0 Å². The monoisotopic (exact) mass is 304 g/mol. The maximum atomic E-state index is 12.3. The van der Waals surface area contributed by atoms with Gasteiger partial charge in [0.25, 0.3) is 0 Å². The zero-order valence-corrected chi connectivity index (χ0v) is 13.0. The van der Waals surface area contributed by atoms with E-state index in [0.29, 0.717) is 18.0 Å². The van der Waals surface area contributed by atoms with Gasteiger partial charge >= 0.3 is 0 Å². The Kier molecular flexibility index (Phi) is 5.80. The smallest absolute Gasteiger partial charge is 0.242 e. The molecule has 0 aliphatic heterocycles. The molecule has 0 spiro atoms. The van der Waals surface area contributed by atoms with E-state index in [9.17, 15) is 8.42 Å². The molecule has 2 rings (SSSR count). The molecular formula is C13H21ClN2O2S. The van der Waals surface area contributed by atoms with E-state index in [2.05, 4.69) is 5.32 Å². The third kappa shape index (κ3) is 3.48. The maximum Gasteiger partial charge on any atom is 0.242 e. The first-order valence-corrected chi connectivity index (χ1v) is 7.72. The van der Waals surface area contributed by atoms with Crippen LogP contribution in [0, 0.1) is 0 Å². The highest BCUT2D eigenvalue weighted by molar-refractivity contribution is 7.89. The number of aryl methyl sites for hydroxylation is 2. The summed E-state index contributed by atoms with van der Waals surface area (Å²) in [7, 11) is 0.101. The van der Waals surface area contributed by atoms with Gasteiger partial charge in [0.2, 0.25) is 10.0 Å². The fourth-order valence-electron chi connectivity index (χ4n) is 2.28. The first-order chi connectivity index (χ1) is 8.55. The van der Waals surface area contributed by atoms with Gasteiger partial charge in [-0.05, 0) is 49.6 Å². The second kappa shape index (κ2) is 6.70. The number of rotatable bonds is 5. The van der Waals surface area contributed by atoms with Crippen molar-refractivity contribution in [2.75, 3.05) is 27.2 Å². The molecule has 108 valence electrons. The van der Waals surface area contributed by atoms with Gasteiger partial charge in [0, 0.05) is 20.1 Å². The molecule has 19 heavy (non-hydrogen) atoms. The van der Waals surface area contributed by atoms with Gasteiger partial charge in [0.15, 0.2) is 0 Å². The first-order valence-electron chi connectivity index (χ1n) is 6.28. The number of hydrogen-bond acceptors (Lipinski definition) is 3. The predicted molar refractivity (Wildman–Crippen MR) is 79.5 cm³/mol. The Balaban J connectivity index is 0.00000180. The Morgan fingerprint density at radius 1 is 1.26 bits per heavy atom. The molecule has 0 heterocycles. The van der Waals surface area contributed by atoms with Crippen molar-refractivity contribution < 1.29 is 8.42 Å². The lowest BCUT2D eigenvalue weighted by Gasteiger charge is -2.17. The highest BCUT2D eigenvalue weighted by Crippen LogP contribution is 2.25. The van der Waals surface area contributed by atoms with Crippen molar-refractivity contribution in [2.45, 2.75) is 24.2 Å². The fraction of sp³-hybridized carbons (Fsp3) is 0.538. The minimum atomic E-state index is -3.34. The van der Waals surface area contributed by atoms with Gasteiger partial charge in [-0.25, -0.2) is 8.42 Å². The van der Waals surface area contributed by atoms with Gasteiger partial charge < -0.3 is 5.32 Å². The minimum Gasteiger partial charge on any atom is -0.318 e. The standard InChI is InChI=1S/C13H20N2O2S.ClH/c1-14-8-9-15(2)18(16,17)13-7-6-11-4-3-5-12(11)10-13;/h6-7,10,14H,3-5,8-9H2,1-2H3;1H. The van der Waals surface area contributed by atoms with Crippen LogP contribution >= 0.6 is 12.4 Å². The molecule has 0 aromatic heterocycles. The average Bonchev–Trinajstić information content (AvgIpc) is 2.82. The van der Waals surface area contributed by atoms with Crippen molar-refractivity contribution >= 4 is 22.4 Å². The van der Waals surface area contributed by atoms with E-state index in [0.717, 1.165) is 19.3 Å². The van der Waals surface area contributed by atoms with Crippen LogP contribution in [0.25, 0.3) is 0 Å². The van der Waals surface area contributed by atoms with E-state index in [1.54, 1.807) is 13.1 Å². The second-order valence-electron chi connectivity index (χ2n) is 4.71. The zero-order chi connectivity index (χ0) is 13.2. The molecule has 0 bridgehead atoms. The summed E-state index contributed by atoms with van der Waals surface area (Å²) in [5, 5.41) is 2.96. The van der Waals surface area contributed by atoms with E-state index >= 15 is 0 Å². The van der Waals surface area contributed by atoms with E-state index in [-0.39, 0.29) is 12.4 Å². The topological polar surface area (TPSA) is 49.4 Å². The summed E-state index contributed by atoms with van der Waals surface area (Å²) in [5.74, 6) is 0. The summed E-state index contributed by atoms with van der Waals surface area (Å²) in [4.78, 5) is 0.418. The molecule has 0 unspecified atom stereocenters. The number of nitrogens with zero attached hydrogens (tertiary/aromatic N) is 1. The molecule has 1 aromatic carbocycles. The van der Waals surface area contributed by atoms with E-state index in [1.165, 1.54) is 15.4 Å². The molecule has 1 aromatic rings. The number of likely N-dealkylation sites (N-methyl/N-ethyl adjacent to an activating group) is 2.